The van der Waals surface area contributed by atoms with Gasteiger partial charge in [-0.1, -0.05) is 36.8 Å². The highest BCUT2D eigenvalue weighted by molar-refractivity contribution is 5.85. The van der Waals surface area contributed by atoms with Crippen molar-refractivity contribution in [1.82, 2.24) is 4.98 Å². The van der Waals surface area contributed by atoms with E-state index in [9.17, 15) is 0 Å². The molecule has 0 aliphatic heterocycles. The number of fused-ring (bicyclic) bond motifs is 1. The third kappa shape index (κ3) is 4.14. The maximum Gasteiger partial charge on any atom is 0.131 e. The lowest BCUT2D eigenvalue weighted by molar-refractivity contribution is 0.338. The predicted octanol–water partition coefficient (Wildman–Crippen LogP) is 7.21. The standard InChI is InChI=1S/C26H27NO2/c1-4-23(25-17-27-26-13-12-18(3)14-24(25)26)19-8-6-10-21(15-19)29-22-11-7-9-20(16-22)28-5-2/h6-17,23,27H,4-5H2,1-3H3. The maximum atomic E-state index is 6.14. The van der Waals surface area contributed by atoms with Crippen LogP contribution in [0.1, 0.15) is 42.9 Å². The molecule has 1 atom stereocenters. The number of nitrogens with one attached hydrogen (secondary N) is 1. The van der Waals surface area contributed by atoms with Crippen LogP contribution < -0.4 is 9.47 Å². The Balaban J connectivity index is 1.64. The summed E-state index contributed by atoms with van der Waals surface area (Å²) in [4.78, 5) is 3.43. The molecule has 29 heavy (non-hydrogen) atoms. The summed E-state index contributed by atoms with van der Waals surface area (Å²) in [6, 6.07) is 22.8. The largest absolute Gasteiger partial charge is 0.494 e. The Labute approximate surface area is 172 Å². The fraction of sp³-hybridized carbons (Fsp3) is 0.231. The van der Waals surface area contributed by atoms with Gasteiger partial charge in [-0.2, -0.15) is 0 Å². The lowest BCUT2D eigenvalue weighted by Gasteiger charge is -2.17. The van der Waals surface area contributed by atoms with Gasteiger partial charge in [0.1, 0.15) is 17.2 Å². The topological polar surface area (TPSA) is 34.2 Å². The minimum atomic E-state index is 0.309. The van der Waals surface area contributed by atoms with Crippen LogP contribution in [0.3, 0.4) is 0 Å². The number of hydrogen-bond donors (Lipinski definition) is 1. The molecule has 0 fully saturated rings. The van der Waals surface area contributed by atoms with Gasteiger partial charge < -0.3 is 14.5 Å². The Morgan fingerprint density at radius 2 is 1.62 bits per heavy atom. The van der Waals surface area contributed by atoms with Gasteiger partial charge in [0.2, 0.25) is 0 Å². The number of rotatable bonds is 7. The van der Waals surface area contributed by atoms with E-state index >= 15 is 0 Å². The molecule has 3 heteroatoms. The van der Waals surface area contributed by atoms with Crippen LogP contribution in [0.4, 0.5) is 0 Å². The molecule has 1 N–H and O–H groups in total. The lowest BCUT2D eigenvalue weighted by atomic mass is 9.88. The molecule has 0 aliphatic carbocycles. The molecule has 0 amide bonds. The SMILES string of the molecule is CCOc1cccc(Oc2cccc(C(CC)c3c[nH]c4ccc(C)cc34)c2)c1. The van der Waals surface area contributed by atoms with E-state index in [1.54, 1.807) is 0 Å². The van der Waals surface area contributed by atoms with Crippen LogP contribution in [0.2, 0.25) is 0 Å². The number of aromatic amines is 1. The van der Waals surface area contributed by atoms with Crippen LogP contribution in [0.5, 0.6) is 17.2 Å². The normalized spacial score (nSPS) is 12.1. The van der Waals surface area contributed by atoms with Gasteiger partial charge in [0.05, 0.1) is 6.61 Å². The van der Waals surface area contributed by atoms with E-state index < -0.39 is 0 Å². The highest BCUT2D eigenvalue weighted by Gasteiger charge is 2.17. The number of H-pyrrole nitrogens is 1. The van der Waals surface area contributed by atoms with E-state index in [-0.39, 0.29) is 0 Å². The molecule has 1 aromatic heterocycles. The molecule has 0 saturated carbocycles. The van der Waals surface area contributed by atoms with E-state index in [2.05, 4.69) is 61.4 Å². The molecule has 1 heterocycles. The first-order valence-corrected chi connectivity index (χ1v) is 10.3. The molecular weight excluding hydrogens is 358 g/mol. The van der Waals surface area contributed by atoms with Crippen LogP contribution in [-0.4, -0.2) is 11.6 Å². The summed E-state index contributed by atoms with van der Waals surface area (Å²) >= 11 is 0. The molecule has 0 saturated heterocycles. The summed E-state index contributed by atoms with van der Waals surface area (Å²) in [5.74, 6) is 2.75. The fourth-order valence-electron chi connectivity index (χ4n) is 3.90. The zero-order valence-corrected chi connectivity index (χ0v) is 17.2. The summed E-state index contributed by atoms with van der Waals surface area (Å²) in [5, 5.41) is 1.30. The van der Waals surface area contributed by atoms with Crippen LogP contribution in [0, 0.1) is 6.92 Å². The third-order valence-corrected chi connectivity index (χ3v) is 5.27. The summed E-state index contributed by atoms with van der Waals surface area (Å²) in [7, 11) is 0. The molecule has 0 aliphatic rings. The molecule has 0 spiro atoms. The molecule has 148 valence electrons. The van der Waals surface area contributed by atoms with E-state index in [1.807, 2.05) is 37.3 Å². The third-order valence-electron chi connectivity index (χ3n) is 5.27. The Morgan fingerprint density at radius 1 is 0.862 bits per heavy atom. The van der Waals surface area contributed by atoms with Gasteiger partial charge in [-0.3, -0.25) is 0 Å². The van der Waals surface area contributed by atoms with Crippen LogP contribution >= 0.6 is 0 Å². The van der Waals surface area contributed by atoms with E-state index in [4.69, 9.17) is 9.47 Å². The van der Waals surface area contributed by atoms with Gasteiger partial charge in [0.25, 0.3) is 0 Å². The lowest BCUT2D eigenvalue weighted by Crippen LogP contribution is -1.99. The average molecular weight is 386 g/mol. The Kier molecular flexibility index (Phi) is 5.57. The number of hydrogen-bond acceptors (Lipinski definition) is 2. The average Bonchev–Trinajstić information content (AvgIpc) is 3.12. The minimum Gasteiger partial charge on any atom is -0.494 e. The van der Waals surface area contributed by atoms with Crippen molar-refractivity contribution in [3.05, 3.63) is 89.6 Å². The second-order valence-corrected chi connectivity index (χ2v) is 7.34. The van der Waals surface area contributed by atoms with Crippen LogP contribution in [0.25, 0.3) is 10.9 Å². The predicted molar refractivity (Wildman–Crippen MR) is 119 cm³/mol. The second kappa shape index (κ2) is 8.44. The fourth-order valence-corrected chi connectivity index (χ4v) is 3.90. The quantitative estimate of drug-likeness (QED) is 0.365. The Morgan fingerprint density at radius 3 is 2.41 bits per heavy atom. The van der Waals surface area contributed by atoms with Crippen molar-refractivity contribution >= 4 is 10.9 Å². The number of aryl methyl sites for hydroxylation is 1. The summed E-state index contributed by atoms with van der Waals surface area (Å²) in [6.45, 7) is 7.00. The van der Waals surface area contributed by atoms with Crippen molar-refractivity contribution in [1.29, 1.82) is 0 Å². The van der Waals surface area contributed by atoms with Crippen LogP contribution in [0.15, 0.2) is 72.9 Å². The van der Waals surface area contributed by atoms with Crippen molar-refractivity contribution in [2.75, 3.05) is 6.61 Å². The molecule has 4 rings (SSSR count). The number of aromatic nitrogens is 1. The van der Waals surface area contributed by atoms with Crippen molar-refractivity contribution in [3.8, 4) is 17.2 Å². The summed E-state index contributed by atoms with van der Waals surface area (Å²) < 4.78 is 11.7. The van der Waals surface area contributed by atoms with Gasteiger partial charge >= 0.3 is 0 Å². The van der Waals surface area contributed by atoms with Crippen molar-refractivity contribution in [2.45, 2.75) is 33.1 Å². The molecule has 3 aromatic carbocycles. The first kappa shape index (κ1) is 19.1. The highest BCUT2D eigenvalue weighted by atomic mass is 16.5. The highest BCUT2D eigenvalue weighted by Crippen LogP contribution is 2.36. The van der Waals surface area contributed by atoms with Gasteiger partial charge in [0.15, 0.2) is 0 Å². The zero-order valence-electron chi connectivity index (χ0n) is 17.2. The molecule has 4 aromatic rings. The van der Waals surface area contributed by atoms with Crippen molar-refractivity contribution < 1.29 is 9.47 Å². The minimum absolute atomic E-state index is 0.309. The maximum absolute atomic E-state index is 6.14. The molecule has 0 radical (unpaired) electrons. The molecular formula is C26H27NO2. The molecule has 1 unspecified atom stereocenters. The van der Waals surface area contributed by atoms with Gasteiger partial charge in [0, 0.05) is 29.1 Å². The van der Waals surface area contributed by atoms with Gasteiger partial charge in [-0.25, -0.2) is 0 Å². The van der Waals surface area contributed by atoms with Crippen molar-refractivity contribution in [2.24, 2.45) is 0 Å². The summed E-state index contributed by atoms with van der Waals surface area (Å²) in [6.07, 6.45) is 3.17. The Bertz CT molecular complexity index is 1110. The van der Waals surface area contributed by atoms with E-state index in [1.165, 1.54) is 27.6 Å². The van der Waals surface area contributed by atoms with Gasteiger partial charge in [-0.15, -0.1) is 0 Å². The number of ether oxygens (including phenoxy) is 2. The molecule has 0 bridgehead atoms. The number of benzene rings is 3. The van der Waals surface area contributed by atoms with Gasteiger partial charge in [-0.05, 0) is 67.8 Å². The monoisotopic (exact) mass is 385 g/mol. The zero-order chi connectivity index (χ0) is 20.2. The Hall–Kier alpha value is -3.20. The van der Waals surface area contributed by atoms with E-state index in [0.717, 1.165) is 23.7 Å². The van der Waals surface area contributed by atoms with Crippen LogP contribution in [-0.2, 0) is 0 Å². The van der Waals surface area contributed by atoms with Crippen molar-refractivity contribution in [3.63, 3.8) is 0 Å². The second-order valence-electron chi connectivity index (χ2n) is 7.34. The summed E-state index contributed by atoms with van der Waals surface area (Å²) in [5.41, 5.74) is 5.05. The first-order valence-electron chi connectivity index (χ1n) is 10.3. The first-order chi connectivity index (χ1) is 14.2. The van der Waals surface area contributed by atoms with E-state index in [0.29, 0.717) is 12.5 Å². The molecule has 3 nitrogen and oxygen atoms in total. The smallest absolute Gasteiger partial charge is 0.131 e.